The number of hydrogen-bond acceptors (Lipinski definition) is 2. The van der Waals surface area contributed by atoms with E-state index < -0.39 is 0 Å². The van der Waals surface area contributed by atoms with Gasteiger partial charge in [0.2, 0.25) is 0 Å². The first-order chi connectivity index (χ1) is 10.2. The van der Waals surface area contributed by atoms with Crippen molar-refractivity contribution in [2.24, 2.45) is 5.92 Å². The zero-order chi connectivity index (χ0) is 15.5. The summed E-state index contributed by atoms with van der Waals surface area (Å²) >= 11 is 0. The standard InChI is InChI=1S/C19H33NO/c1-5-7-8-17(6-2)14-21-15-19-11-9-18(10-12-19)13-20-16(3)4/h9-12,16-17,20H,5-8,13-15H2,1-4H3. The van der Waals surface area contributed by atoms with Crippen LogP contribution < -0.4 is 5.32 Å². The summed E-state index contributed by atoms with van der Waals surface area (Å²) in [4.78, 5) is 0. The van der Waals surface area contributed by atoms with E-state index in [4.69, 9.17) is 4.74 Å². The van der Waals surface area contributed by atoms with Crippen molar-refractivity contribution in [3.05, 3.63) is 35.4 Å². The van der Waals surface area contributed by atoms with Crippen LogP contribution in [0.4, 0.5) is 0 Å². The van der Waals surface area contributed by atoms with Crippen LogP contribution in [0.3, 0.4) is 0 Å². The van der Waals surface area contributed by atoms with Gasteiger partial charge in [0, 0.05) is 19.2 Å². The van der Waals surface area contributed by atoms with Crippen molar-refractivity contribution in [2.75, 3.05) is 6.61 Å². The summed E-state index contributed by atoms with van der Waals surface area (Å²) in [5, 5.41) is 3.44. The van der Waals surface area contributed by atoms with Crippen LogP contribution in [0.1, 0.15) is 64.5 Å². The average molecular weight is 291 g/mol. The van der Waals surface area contributed by atoms with E-state index in [1.54, 1.807) is 0 Å². The minimum absolute atomic E-state index is 0.530. The molecule has 0 saturated carbocycles. The highest BCUT2D eigenvalue weighted by Crippen LogP contribution is 2.14. The first kappa shape index (κ1) is 18.2. The minimum atomic E-state index is 0.530. The van der Waals surface area contributed by atoms with Crippen molar-refractivity contribution in [3.8, 4) is 0 Å². The molecule has 1 N–H and O–H groups in total. The Morgan fingerprint density at radius 3 is 2.29 bits per heavy atom. The van der Waals surface area contributed by atoms with Crippen LogP contribution in [0, 0.1) is 5.92 Å². The topological polar surface area (TPSA) is 21.3 Å². The molecule has 120 valence electrons. The van der Waals surface area contributed by atoms with Gasteiger partial charge in [0.25, 0.3) is 0 Å². The van der Waals surface area contributed by atoms with E-state index in [0.717, 1.165) is 25.7 Å². The van der Waals surface area contributed by atoms with Gasteiger partial charge in [-0.2, -0.15) is 0 Å². The van der Waals surface area contributed by atoms with Crippen LogP contribution in [-0.4, -0.2) is 12.6 Å². The Balaban J connectivity index is 2.28. The average Bonchev–Trinajstić information content (AvgIpc) is 2.49. The van der Waals surface area contributed by atoms with Crippen LogP contribution in [0.15, 0.2) is 24.3 Å². The second kappa shape index (κ2) is 10.8. The van der Waals surface area contributed by atoms with Gasteiger partial charge in [-0.05, 0) is 23.5 Å². The summed E-state index contributed by atoms with van der Waals surface area (Å²) in [6, 6.07) is 9.29. The van der Waals surface area contributed by atoms with E-state index in [0.29, 0.717) is 6.04 Å². The molecule has 0 fully saturated rings. The Bertz CT molecular complexity index is 358. The lowest BCUT2D eigenvalue weighted by Gasteiger charge is -2.15. The van der Waals surface area contributed by atoms with Crippen LogP contribution >= 0.6 is 0 Å². The molecule has 0 aliphatic carbocycles. The zero-order valence-corrected chi connectivity index (χ0v) is 14.3. The van der Waals surface area contributed by atoms with Gasteiger partial charge in [-0.1, -0.05) is 71.2 Å². The van der Waals surface area contributed by atoms with Crippen molar-refractivity contribution in [2.45, 2.75) is 72.6 Å². The highest BCUT2D eigenvalue weighted by atomic mass is 16.5. The smallest absolute Gasteiger partial charge is 0.0717 e. The number of hydrogen-bond donors (Lipinski definition) is 1. The first-order valence-corrected chi connectivity index (χ1v) is 8.54. The van der Waals surface area contributed by atoms with Gasteiger partial charge in [0.05, 0.1) is 6.61 Å². The third-order valence-corrected chi connectivity index (χ3v) is 3.90. The summed E-state index contributed by atoms with van der Waals surface area (Å²) in [7, 11) is 0. The molecule has 1 unspecified atom stereocenters. The third-order valence-electron chi connectivity index (χ3n) is 3.90. The van der Waals surface area contributed by atoms with Gasteiger partial charge in [-0.25, -0.2) is 0 Å². The molecule has 2 nitrogen and oxygen atoms in total. The fraction of sp³-hybridized carbons (Fsp3) is 0.684. The predicted octanol–water partition coefficient (Wildman–Crippen LogP) is 4.92. The van der Waals surface area contributed by atoms with Crippen LogP contribution in [0.2, 0.25) is 0 Å². The molecule has 0 aliphatic heterocycles. The van der Waals surface area contributed by atoms with Crippen molar-refractivity contribution >= 4 is 0 Å². The molecule has 1 atom stereocenters. The van der Waals surface area contributed by atoms with Gasteiger partial charge in [-0.15, -0.1) is 0 Å². The van der Waals surface area contributed by atoms with E-state index in [9.17, 15) is 0 Å². The van der Waals surface area contributed by atoms with Crippen LogP contribution in [0.5, 0.6) is 0 Å². The van der Waals surface area contributed by atoms with E-state index in [2.05, 4.69) is 57.3 Å². The normalized spacial score (nSPS) is 12.8. The highest BCUT2D eigenvalue weighted by molar-refractivity contribution is 5.21. The lowest BCUT2D eigenvalue weighted by molar-refractivity contribution is 0.0820. The van der Waals surface area contributed by atoms with Crippen molar-refractivity contribution in [1.29, 1.82) is 0 Å². The zero-order valence-electron chi connectivity index (χ0n) is 14.3. The molecule has 0 aromatic heterocycles. The molecular formula is C19H33NO. The second-order valence-electron chi connectivity index (χ2n) is 6.28. The molecule has 1 rings (SSSR count). The van der Waals surface area contributed by atoms with Crippen LogP contribution in [0.25, 0.3) is 0 Å². The molecule has 2 heteroatoms. The Kier molecular flexibility index (Phi) is 9.36. The fourth-order valence-corrected chi connectivity index (χ4v) is 2.32. The quantitative estimate of drug-likeness (QED) is 0.625. The maximum absolute atomic E-state index is 5.89. The molecule has 0 bridgehead atoms. The van der Waals surface area contributed by atoms with Gasteiger partial charge in [-0.3, -0.25) is 0 Å². The third kappa shape index (κ3) is 8.23. The highest BCUT2D eigenvalue weighted by Gasteiger charge is 2.06. The lowest BCUT2D eigenvalue weighted by Crippen LogP contribution is -2.21. The van der Waals surface area contributed by atoms with E-state index in [1.165, 1.54) is 36.8 Å². The summed E-state index contributed by atoms with van der Waals surface area (Å²) in [6.07, 6.45) is 5.12. The summed E-state index contributed by atoms with van der Waals surface area (Å²) < 4.78 is 5.89. The lowest BCUT2D eigenvalue weighted by atomic mass is 10.0. The monoisotopic (exact) mass is 291 g/mol. The number of benzene rings is 1. The van der Waals surface area contributed by atoms with Crippen LogP contribution in [-0.2, 0) is 17.9 Å². The molecule has 0 radical (unpaired) electrons. The van der Waals surface area contributed by atoms with Crippen molar-refractivity contribution < 1.29 is 4.74 Å². The van der Waals surface area contributed by atoms with E-state index in [1.807, 2.05) is 0 Å². The molecule has 0 heterocycles. The largest absolute Gasteiger partial charge is 0.376 e. The SMILES string of the molecule is CCCCC(CC)COCc1ccc(CNC(C)C)cc1. The number of nitrogens with one attached hydrogen (secondary N) is 1. The Morgan fingerprint density at radius 2 is 1.71 bits per heavy atom. The summed E-state index contributed by atoms with van der Waals surface area (Å²) in [5.74, 6) is 0.722. The molecule has 21 heavy (non-hydrogen) atoms. The predicted molar refractivity (Wildman–Crippen MR) is 91.4 cm³/mol. The second-order valence-corrected chi connectivity index (χ2v) is 6.28. The molecule has 0 spiro atoms. The molecule has 0 aliphatic rings. The summed E-state index contributed by atoms with van der Waals surface area (Å²) in [5.41, 5.74) is 2.61. The van der Waals surface area contributed by atoms with E-state index >= 15 is 0 Å². The van der Waals surface area contributed by atoms with Gasteiger partial charge >= 0.3 is 0 Å². The Hall–Kier alpha value is -0.860. The van der Waals surface area contributed by atoms with Crippen molar-refractivity contribution in [1.82, 2.24) is 5.32 Å². The Morgan fingerprint density at radius 1 is 1.05 bits per heavy atom. The molecule has 0 amide bonds. The summed E-state index contributed by atoms with van der Waals surface area (Å²) in [6.45, 7) is 11.4. The maximum atomic E-state index is 5.89. The van der Waals surface area contributed by atoms with Gasteiger partial charge in [0.1, 0.15) is 0 Å². The fourth-order valence-electron chi connectivity index (χ4n) is 2.32. The molecular weight excluding hydrogens is 258 g/mol. The number of rotatable bonds is 11. The number of unbranched alkanes of at least 4 members (excludes halogenated alkanes) is 1. The molecule has 0 saturated heterocycles. The van der Waals surface area contributed by atoms with E-state index in [-0.39, 0.29) is 0 Å². The first-order valence-electron chi connectivity index (χ1n) is 8.54. The Labute approximate surface area is 131 Å². The minimum Gasteiger partial charge on any atom is -0.376 e. The molecule has 1 aromatic carbocycles. The van der Waals surface area contributed by atoms with Gasteiger partial charge < -0.3 is 10.1 Å². The molecule has 1 aromatic rings. The van der Waals surface area contributed by atoms with Crippen molar-refractivity contribution in [3.63, 3.8) is 0 Å². The number of ether oxygens (including phenoxy) is 1. The van der Waals surface area contributed by atoms with Gasteiger partial charge in [0.15, 0.2) is 0 Å². The maximum Gasteiger partial charge on any atom is 0.0717 e.